The van der Waals surface area contributed by atoms with Crippen molar-refractivity contribution in [2.75, 3.05) is 12.4 Å². The number of hydrogen-bond donors (Lipinski definition) is 0. The van der Waals surface area contributed by atoms with Crippen LogP contribution in [0.15, 0.2) is 30.3 Å². The lowest BCUT2D eigenvalue weighted by molar-refractivity contribution is -0.143. The van der Waals surface area contributed by atoms with Crippen molar-refractivity contribution in [1.82, 2.24) is 0 Å². The highest BCUT2D eigenvalue weighted by Crippen LogP contribution is 2.08. The minimum atomic E-state index is -0.252. The molecule has 1 rings (SSSR count). The molecule has 1 atom stereocenters. The first-order valence-electron chi connectivity index (χ1n) is 5.04. The van der Waals surface area contributed by atoms with Crippen LogP contribution in [0.25, 0.3) is 0 Å². The number of hydrogen-bond acceptors (Lipinski definition) is 3. The predicted octanol–water partition coefficient (Wildman–Crippen LogP) is 2.53. The van der Waals surface area contributed by atoms with Crippen molar-refractivity contribution in [2.45, 2.75) is 19.1 Å². The minimum Gasteiger partial charge on any atom is -0.469 e. The molecule has 0 spiro atoms. The van der Waals surface area contributed by atoms with Crippen molar-refractivity contribution in [1.29, 1.82) is 0 Å². The van der Waals surface area contributed by atoms with Crippen LogP contribution in [0.3, 0.4) is 0 Å². The zero-order valence-electron chi connectivity index (χ0n) is 9.19. The molecule has 0 amide bonds. The van der Waals surface area contributed by atoms with Crippen LogP contribution in [0.5, 0.6) is 0 Å². The van der Waals surface area contributed by atoms with E-state index in [9.17, 15) is 4.79 Å². The van der Waals surface area contributed by atoms with Gasteiger partial charge in [-0.3, -0.25) is 4.79 Å². The number of rotatable bonds is 6. The summed E-state index contributed by atoms with van der Waals surface area (Å²) in [6, 6.07) is 9.86. The van der Waals surface area contributed by atoms with Gasteiger partial charge >= 0.3 is 5.97 Å². The fourth-order valence-electron chi connectivity index (χ4n) is 1.22. The van der Waals surface area contributed by atoms with Gasteiger partial charge in [-0.05, 0) is 5.56 Å². The molecule has 0 unspecified atom stereocenters. The smallest absolute Gasteiger partial charge is 0.308 e. The van der Waals surface area contributed by atoms with Gasteiger partial charge in [0.25, 0.3) is 0 Å². The highest BCUT2D eigenvalue weighted by Gasteiger charge is 2.13. The van der Waals surface area contributed by atoms with E-state index in [1.807, 2.05) is 30.3 Å². The largest absolute Gasteiger partial charge is 0.469 e. The average molecular weight is 287 g/mol. The van der Waals surface area contributed by atoms with Crippen LogP contribution in [0, 0.1) is 0 Å². The molecule has 0 aliphatic heterocycles. The standard InChI is InChI=1S/C12H15BrO3/c1-15-12(14)7-11(8-13)16-9-10-5-3-2-4-6-10/h2-6,11H,7-9H2,1H3/t11-/m0/s1. The van der Waals surface area contributed by atoms with Crippen LogP contribution >= 0.6 is 15.9 Å². The molecular formula is C12H15BrO3. The number of methoxy groups -OCH3 is 1. The number of ether oxygens (including phenoxy) is 2. The molecule has 0 bridgehead atoms. The van der Waals surface area contributed by atoms with E-state index < -0.39 is 0 Å². The van der Waals surface area contributed by atoms with E-state index in [4.69, 9.17) is 4.74 Å². The number of esters is 1. The van der Waals surface area contributed by atoms with Crippen LogP contribution in [0.2, 0.25) is 0 Å². The maximum Gasteiger partial charge on any atom is 0.308 e. The molecule has 88 valence electrons. The van der Waals surface area contributed by atoms with E-state index in [0.717, 1.165) is 5.56 Å². The van der Waals surface area contributed by atoms with E-state index in [1.54, 1.807) is 0 Å². The van der Waals surface area contributed by atoms with E-state index >= 15 is 0 Å². The van der Waals surface area contributed by atoms with Crippen molar-refractivity contribution in [3.05, 3.63) is 35.9 Å². The van der Waals surface area contributed by atoms with Crippen molar-refractivity contribution in [2.24, 2.45) is 0 Å². The Morgan fingerprint density at radius 1 is 1.38 bits per heavy atom. The van der Waals surface area contributed by atoms with Crippen molar-refractivity contribution in [3.8, 4) is 0 Å². The Hall–Kier alpha value is -0.870. The first kappa shape index (κ1) is 13.2. The minimum absolute atomic E-state index is 0.146. The third-order valence-electron chi connectivity index (χ3n) is 2.12. The van der Waals surface area contributed by atoms with Gasteiger partial charge in [-0.1, -0.05) is 46.3 Å². The molecule has 0 fully saturated rings. The molecule has 0 saturated carbocycles. The normalized spacial score (nSPS) is 12.1. The number of carbonyl (C=O) groups excluding carboxylic acids is 1. The molecule has 0 saturated heterocycles. The van der Waals surface area contributed by atoms with E-state index in [-0.39, 0.29) is 18.5 Å². The Kier molecular flexibility index (Phi) is 6.11. The molecule has 0 radical (unpaired) electrons. The topological polar surface area (TPSA) is 35.5 Å². The van der Waals surface area contributed by atoms with Gasteiger partial charge in [-0.2, -0.15) is 0 Å². The quantitative estimate of drug-likeness (QED) is 0.596. The Morgan fingerprint density at radius 2 is 2.06 bits per heavy atom. The zero-order valence-corrected chi connectivity index (χ0v) is 10.8. The summed E-state index contributed by atoms with van der Waals surface area (Å²) in [5.41, 5.74) is 1.10. The molecule has 16 heavy (non-hydrogen) atoms. The van der Waals surface area contributed by atoms with Crippen LogP contribution in [0.4, 0.5) is 0 Å². The summed E-state index contributed by atoms with van der Waals surface area (Å²) in [4.78, 5) is 11.1. The van der Waals surface area contributed by atoms with Crippen molar-refractivity contribution >= 4 is 21.9 Å². The molecule has 1 aromatic carbocycles. The lowest BCUT2D eigenvalue weighted by Crippen LogP contribution is -2.20. The van der Waals surface area contributed by atoms with Crippen molar-refractivity contribution < 1.29 is 14.3 Å². The molecule has 3 nitrogen and oxygen atoms in total. The van der Waals surface area contributed by atoms with Gasteiger partial charge in [0.15, 0.2) is 0 Å². The summed E-state index contributed by atoms with van der Waals surface area (Å²) in [5.74, 6) is -0.252. The van der Waals surface area contributed by atoms with Gasteiger partial charge in [0.05, 0.1) is 26.2 Å². The van der Waals surface area contributed by atoms with Gasteiger partial charge in [0, 0.05) is 5.33 Å². The third kappa shape index (κ3) is 4.77. The summed E-state index contributed by atoms with van der Waals surface area (Å²) in [5, 5.41) is 0.620. The van der Waals surface area contributed by atoms with Crippen LogP contribution in [-0.2, 0) is 20.9 Å². The summed E-state index contributed by atoms with van der Waals surface area (Å²) in [7, 11) is 1.38. The van der Waals surface area contributed by atoms with E-state index in [2.05, 4.69) is 20.7 Å². The zero-order chi connectivity index (χ0) is 11.8. The molecular weight excluding hydrogens is 272 g/mol. The van der Waals surface area contributed by atoms with Gasteiger partial charge in [0.1, 0.15) is 0 Å². The monoisotopic (exact) mass is 286 g/mol. The second kappa shape index (κ2) is 7.41. The summed E-state index contributed by atoms with van der Waals surface area (Å²) in [6.45, 7) is 0.508. The summed E-state index contributed by atoms with van der Waals surface area (Å²) >= 11 is 3.31. The van der Waals surface area contributed by atoms with Gasteiger partial charge in [0.2, 0.25) is 0 Å². The average Bonchev–Trinajstić information content (AvgIpc) is 2.35. The van der Waals surface area contributed by atoms with Crippen molar-refractivity contribution in [3.63, 3.8) is 0 Å². The molecule has 1 aromatic rings. The number of halogens is 1. The lowest BCUT2D eigenvalue weighted by Gasteiger charge is -2.13. The van der Waals surface area contributed by atoms with E-state index in [0.29, 0.717) is 11.9 Å². The number of benzene rings is 1. The van der Waals surface area contributed by atoms with Gasteiger partial charge in [-0.25, -0.2) is 0 Å². The lowest BCUT2D eigenvalue weighted by atomic mass is 10.2. The fourth-order valence-corrected chi connectivity index (χ4v) is 1.63. The molecule has 0 N–H and O–H groups in total. The SMILES string of the molecule is COC(=O)C[C@@H](CBr)OCc1ccccc1. The highest BCUT2D eigenvalue weighted by molar-refractivity contribution is 9.09. The second-order valence-electron chi connectivity index (χ2n) is 3.35. The first-order valence-corrected chi connectivity index (χ1v) is 6.16. The maximum absolute atomic E-state index is 11.1. The molecule has 4 heteroatoms. The third-order valence-corrected chi connectivity index (χ3v) is 2.84. The van der Waals surface area contributed by atoms with Gasteiger partial charge < -0.3 is 9.47 Å². The summed E-state index contributed by atoms with van der Waals surface area (Å²) in [6.07, 6.45) is 0.127. The second-order valence-corrected chi connectivity index (χ2v) is 4.00. The Morgan fingerprint density at radius 3 is 2.62 bits per heavy atom. The van der Waals surface area contributed by atoms with Gasteiger partial charge in [-0.15, -0.1) is 0 Å². The number of alkyl halides is 1. The van der Waals surface area contributed by atoms with Crippen LogP contribution in [-0.4, -0.2) is 24.5 Å². The van der Waals surface area contributed by atoms with Crippen LogP contribution in [0.1, 0.15) is 12.0 Å². The Labute approximate surface area is 104 Å². The molecule has 0 heterocycles. The first-order chi connectivity index (χ1) is 7.76. The fraction of sp³-hybridized carbons (Fsp3) is 0.417. The van der Waals surface area contributed by atoms with E-state index in [1.165, 1.54) is 7.11 Å². The Balaban J connectivity index is 2.37. The predicted molar refractivity (Wildman–Crippen MR) is 65.4 cm³/mol. The summed E-state index contributed by atoms with van der Waals surface area (Å²) < 4.78 is 10.2. The maximum atomic E-state index is 11.1. The number of carbonyl (C=O) groups is 1. The van der Waals surface area contributed by atoms with Crippen LogP contribution < -0.4 is 0 Å². The molecule has 0 aliphatic carbocycles. The highest BCUT2D eigenvalue weighted by atomic mass is 79.9. The molecule has 0 aliphatic rings. The Bertz CT molecular complexity index is 313. The molecule has 0 aromatic heterocycles.